The van der Waals surface area contributed by atoms with Crippen molar-refractivity contribution in [3.8, 4) is 0 Å². The van der Waals surface area contributed by atoms with Gasteiger partial charge in [0.25, 0.3) is 11.1 Å². The summed E-state index contributed by atoms with van der Waals surface area (Å²) < 4.78 is 5.73. The first kappa shape index (κ1) is 19.1. The van der Waals surface area contributed by atoms with Crippen molar-refractivity contribution >= 4 is 39.9 Å². The Kier molecular flexibility index (Phi) is 6.25. The van der Waals surface area contributed by atoms with E-state index in [4.69, 9.17) is 10.2 Å². The van der Waals surface area contributed by atoms with Crippen molar-refractivity contribution in [3.05, 3.63) is 58.8 Å². The molecule has 0 fully saturated rings. The summed E-state index contributed by atoms with van der Waals surface area (Å²) in [6, 6.07) is 11.5. The lowest BCUT2D eigenvalue weighted by Crippen LogP contribution is -2.17. The molecule has 0 saturated carbocycles. The van der Waals surface area contributed by atoms with Crippen LogP contribution in [0.1, 0.15) is 41.1 Å². The average molecular weight is 403 g/mol. The Labute approximate surface area is 164 Å². The predicted molar refractivity (Wildman–Crippen MR) is 105 cm³/mol. The number of hydrogen-bond acceptors (Lipinski definition) is 7. The van der Waals surface area contributed by atoms with Crippen molar-refractivity contribution in [2.75, 3.05) is 11.1 Å². The number of rotatable bonds is 8. The van der Waals surface area contributed by atoms with Crippen molar-refractivity contribution < 1.29 is 14.0 Å². The fourth-order valence-corrected chi connectivity index (χ4v) is 3.93. The van der Waals surface area contributed by atoms with Crippen LogP contribution in [0.4, 0.5) is 5.00 Å². The van der Waals surface area contributed by atoms with Crippen molar-refractivity contribution in [2.24, 2.45) is 5.73 Å². The fourth-order valence-electron chi connectivity index (χ4n) is 2.55. The Hall–Kier alpha value is -2.65. The molecule has 140 valence electrons. The predicted octanol–water partition coefficient (Wildman–Crippen LogP) is 3.50. The number of aromatic nitrogens is 2. The topological polar surface area (TPSA) is 111 Å². The number of thiophene rings is 1. The lowest BCUT2D eigenvalue weighted by molar-refractivity contribution is -0.113. The molecular formula is C18H18N4O3S2. The van der Waals surface area contributed by atoms with Crippen LogP contribution in [0.2, 0.25) is 0 Å². The third kappa shape index (κ3) is 4.75. The van der Waals surface area contributed by atoms with E-state index >= 15 is 0 Å². The Morgan fingerprint density at radius 3 is 2.74 bits per heavy atom. The van der Waals surface area contributed by atoms with Crippen molar-refractivity contribution in [1.82, 2.24) is 10.2 Å². The zero-order valence-corrected chi connectivity index (χ0v) is 16.2. The van der Waals surface area contributed by atoms with E-state index in [-0.39, 0.29) is 17.6 Å². The average Bonchev–Trinajstić information content (AvgIpc) is 3.31. The molecule has 0 saturated heterocycles. The van der Waals surface area contributed by atoms with Crippen LogP contribution in [-0.4, -0.2) is 27.8 Å². The first-order valence-corrected chi connectivity index (χ1v) is 10.1. The Morgan fingerprint density at radius 1 is 1.26 bits per heavy atom. The molecule has 0 aliphatic heterocycles. The third-order valence-electron chi connectivity index (χ3n) is 3.84. The van der Waals surface area contributed by atoms with Crippen molar-refractivity contribution in [2.45, 2.75) is 24.5 Å². The maximum absolute atomic E-state index is 12.1. The zero-order valence-electron chi connectivity index (χ0n) is 14.5. The zero-order chi connectivity index (χ0) is 19.2. The van der Waals surface area contributed by atoms with Crippen LogP contribution >= 0.6 is 23.1 Å². The van der Waals surface area contributed by atoms with E-state index in [9.17, 15) is 9.59 Å². The number of carbonyl (C=O) groups is 2. The van der Waals surface area contributed by atoms with Gasteiger partial charge in [-0.25, -0.2) is 0 Å². The molecule has 0 bridgehead atoms. The number of nitrogens with one attached hydrogen (secondary N) is 1. The van der Waals surface area contributed by atoms with Gasteiger partial charge < -0.3 is 15.5 Å². The Balaban J connectivity index is 1.60. The molecule has 2 heterocycles. The lowest BCUT2D eigenvalue weighted by atomic mass is 9.97. The molecule has 0 aliphatic carbocycles. The number of nitrogens with two attached hydrogens (primary N) is 1. The van der Waals surface area contributed by atoms with Gasteiger partial charge in [0.1, 0.15) is 5.00 Å². The molecule has 3 aromatic rings. The van der Waals surface area contributed by atoms with E-state index in [2.05, 4.69) is 22.4 Å². The van der Waals surface area contributed by atoms with Crippen LogP contribution in [-0.2, 0) is 4.79 Å². The molecule has 0 aliphatic rings. The number of carbonyl (C=O) groups excluding carboxylic acids is 2. The molecule has 0 radical (unpaired) electrons. The van der Waals surface area contributed by atoms with Gasteiger partial charge in [0.15, 0.2) is 0 Å². The first-order chi connectivity index (χ1) is 13.1. The summed E-state index contributed by atoms with van der Waals surface area (Å²) >= 11 is 2.39. The molecule has 2 aromatic heterocycles. The number of nitrogens with zero attached hydrogens (tertiary/aromatic N) is 2. The summed E-state index contributed by atoms with van der Waals surface area (Å²) in [5.74, 6) is -0.223. The molecular weight excluding hydrogens is 384 g/mol. The molecule has 1 atom stereocenters. The molecule has 0 spiro atoms. The number of anilines is 1. The first-order valence-electron chi connectivity index (χ1n) is 8.26. The normalized spacial score (nSPS) is 11.9. The molecule has 7 nitrogen and oxygen atoms in total. The van der Waals surface area contributed by atoms with Crippen LogP contribution in [0.25, 0.3) is 0 Å². The van der Waals surface area contributed by atoms with Crippen LogP contribution in [0.5, 0.6) is 0 Å². The van der Waals surface area contributed by atoms with E-state index in [0.717, 1.165) is 23.7 Å². The Bertz CT molecular complexity index is 924. The number of amides is 2. The number of primary amides is 1. The van der Waals surface area contributed by atoms with Gasteiger partial charge in [0, 0.05) is 0 Å². The second-order valence-corrected chi connectivity index (χ2v) is 7.48. The summed E-state index contributed by atoms with van der Waals surface area (Å²) in [6.07, 6.45) is 0.824. The molecule has 3 rings (SSSR count). The van der Waals surface area contributed by atoms with Crippen molar-refractivity contribution in [1.29, 1.82) is 0 Å². The van der Waals surface area contributed by atoms with E-state index in [0.29, 0.717) is 21.7 Å². The molecule has 27 heavy (non-hydrogen) atoms. The summed E-state index contributed by atoms with van der Waals surface area (Å²) in [7, 11) is 0. The van der Waals surface area contributed by atoms with Gasteiger partial charge in [-0.05, 0) is 23.4 Å². The van der Waals surface area contributed by atoms with Crippen LogP contribution < -0.4 is 11.1 Å². The number of hydrogen-bond donors (Lipinski definition) is 2. The van der Waals surface area contributed by atoms with Crippen LogP contribution in [0, 0.1) is 0 Å². The highest BCUT2D eigenvalue weighted by Gasteiger charge is 2.20. The summed E-state index contributed by atoms with van der Waals surface area (Å²) in [4.78, 5) is 23.4. The second kappa shape index (κ2) is 8.83. The van der Waals surface area contributed by atoms with Gasteiger partial charge in [-0.3, -0.25) is 9.59 Å². The minimum atomic E-state index is -0.577. The third-order valence-corrected chi connectivity index (χ3v) is 5.49. The van der Waals surface area contributed by atoms with Gasteiger partial charge in [-0.2, -0.15) is 0 Å². The molecule has 9 heteroatoms. The van der Waals surface area contributed by atoms with E-state index in [1.165, 1.54) is 11.3 Å². The van der Waals surface area contributed by atoms with E-state index in [1.807, 2.05) is 30.3 Å². The fraction of sp³-hybridized carbons (Fsp3) is 0.222. The highest BCUT2D eigenvalue weighted by Crippen LogP contribution is 2.29. The Morgan fingerprint density at radius 2 is 2.04 bits per heavy atom. The van der Waals surface area contributed by atoms with Gasteiger partial charge in [-0.1, -0.05) is 49.0 Å². The van der Waals surface area contributed by atoms with Gasteiger partial charge in [0.2, 0.25) is 11.8 Å². The smallest absolute Gasteiger partial charge is 0.277 e. The standard InChI is InChI=1S/C18H18N4O3S2/c1-2-12(11-6-4-3-5-7-11)16-21-22-18(25-16)27-10-14(23)20-17-13(15(19)24)8-9-26-17/h3-9,12H,2,10H2,1H3,(H2,19,24)(H,20,23). The van der Waals surface area contributed by atoms with Crippen molar-refractivity contribution in [3.63, 3.8) is 0 Å². The monoisotopic (exact) mass is 402 g/mol. The number of thioether (sulfide) groups is 1. The highest BCUT2D eigenvalue weighted by atomic mass is 32.2. The SMILES string of the molecule is CCC(c1ccccc1)c1nnc(SCC(=O)Nc2sccc2C(N)=O)o1. The van der Waals surface area contributed by atoms with Gasteiger partial charge in [-0.15, -0.1) is 21.5 Å². The number of benzene rings is 1. The summed E-state index contributed by atoms with van der Waals surface area (Å²) in [6.45, 7) is 2.06. The second-order valence-electron chi connectivity index (χ2n) is 5.64. The van der Waals surface area contributed by atoms with Gasteiger partial charge in [0.05, 0.1) is 17.2 Å². The quantitative estimate of drug-likeness (QED) is 0.558. The maximum atomic E-state index is 12.1. The minimum absolute atomic E-state index is 0.0196. The van der Waals surface area contributed by atoms with E-state index < -0.39 is 5.91 Å². The van der Waals surface area contributed by atoms with Crippen LogP contribution in [0.3, 0.4) is 0 Å². The lowest BCUT2D eigenvalue weighted by Gasteiger charge is -2.10. The molecule has 1 unspecified atom stereocenters. The molecule has 1 aromatic carbocycles. The van der Waals surface area contributed by atoms with Crippen LogP contribution in [0.15, 0.2) is 51.4 Å². The highest BCUT2D eigenvalue weighted by molar-refractivity contribution is 7.99. The van der Waals surface area contributed by atoms with E-state index in [1.54, 1.807) is 11.4 Å². The minimum Gasteiger partial charge on any atom is -0.415 e. The molecule has 2 amide bonds. The largest absolute Gasteiger partial charge is 0.415 e. The maximum Gasteiger partial charge on any atom is 0.277 e. The van der Waals surface area contributed by atoms with Gasteiger partial charge >= 0.3 is 0 Å². The molecule has 3 N–H and O–H groups in total. The summed E-state index contributed by atoms with van der Waals surface area (Å²) in [5.41, 5.74) is 6.67. The summed E-state index contributed by atoms with van der Waals surface area (Å²) in [5, 5.41) is 13.3.